The van der Waals surface area contributed by atoms with E-state index in [1.54, 1.807) is 18.5 Å². The summed E-state index contributed by atoms with van der Waals surface area (Å²) < 4.78 is 0. The minimum Gasteiger partial charge on any atom is -0.465 e. The number of carbonyl (C=O) groups is 2. The number of nitriles is 1. The Morgan fingerprint density at radius 1 is 1.06 bits per heavy atom. The lowest BCUT2D eigenvalue weighted by atomic mass is 9.89. The molecule has 2 atom stereocenters. The van der Waals surface area contributed by atoms with Crippen LogP contribution in [0.25, 0.3) is 22.0 Å². The Hall–Kier alpha value is -3.99. The van der Waals surface area contributed by atoms with Crippen molar-refractivity contribution < 1.29 is 14.7 Å². The van der Waals surface area contributed by atoms with Crippen LogP contribution >= 0.6 is 0 Å². The summed E-state index contributed by atoms with van der Waals surface area (Å²) in [6.45, 7) is 3.70. The smallest absolute Gasteiger partial charge is 0.404 e. The number of carbonyl (C=O) groups excluding carboxylic acids is 1. The van der Waals surface area contributed by atoms with E-state index in [-0.39, 0.29) is 23.8 Å². The second kappa shape index (κ2) is 9.87. The summed E-state index contributed by atoms with van der Waals surface area (Å²) in [6.07, 6.45) is 5.68. The highest BCUT2D eigenvalue weighted by Crippen LogP contribution is 2.34. The molecule has 0 radical (unpaired) electrons. The van der Waals surface area contributed by atoms with Gasteiger partial charge in [0.15, 0.2) is 5.78 Å². The minimum absolute atomic E-state index is 0.0269. The maximum Gasteiger partial charge on any atom is 0.404 e. The lowest BCUT2D eigenvalue weighted by molar-refractivity contribution is 0.0939. The first-order chi connectivity index (χ1) is 16.4. The maximum atomic E-state index is 13.1. The number of fused-ring (bicyclic) bond motifs is 1. The van der Waals surface area contributed by atoms with Crippen molar-refractivity contribution in [1.29, 1.82) is 5.26 Å². The molecule has 0 bridgehead atoms. The SMILES string of the molecule is CC(C)C(=O)c1cnc2ccc(-c3ccc(C#N)nc3)cc2c1NC1CCCCC1NC(=O)O. The van der Waals surface area contributed by atoms with Gasteiger partial charge in [0, 0.05) is 35.3 Å². The number of anilines is 1. The number of nitrogens with zero attached hydrogens (tertiary/aromatic N) is 3. The molecule has 3 N–H and O–H groups in total. The molecular formula is C26H27N5O3. The average Bonchev–Trinajstić information content (AvgIpc) is 2.84. The van der Waals surface area contributed by atoms with Crippen LogP contribution in [-0.2, 0) is 0 Å². The molecule has 4 rings (SSSR count). The van der Waals surface area contributed by atoms with Gasteiger partial charge in [0.05, 0.1) is 22.8 Å². The molecule has 174 valence electrons. The molecule has 1 aromatic carbocycles. The van der Waals surface area contributed by atoms with E-state index in [0.29, 0.717) is 16.9 Å². The summed E-state index contributed by atoms with van der Waals surface area (Å²) in [5, 5.41) is 25.3. The van der Waals surface area contributed by atoms with Crippen molar-refractivity contribution in [3.63, 3.8) is 0 Å². The largest absolute Gasteiger partial charge is 0.465 e. The molecule has 2 heterocycles. The van der Waals surface area contributed by atoms with Gasteiger partial charge in [-0.1, -0.05) is 32.8 Å². The average molecular weight is 458 g/mol. The van der Waals surface area contributed by atoms with Crippen LogP contribution in [0.5, 0.6) is 0 Å². The number of pyridine rings is 2. The van der Waals surface area contributed by atoms with Crippen molar-refractivity contribution in [2.24, 2.45) is 5.92 Å². The fraction of sp³-hybridized carbons (Fsp3) is 0.346. The predicted octanol–water partition coefficient (Wildman–Crippen LogP) is 5.00. The molecule has 1 aliphatic carbocycles. The second-order valence-electron chi connectivity index (χ2n) is 8.93. The van der Waals surface area contributed by atoms with Crippen LogP contribution < -0.4 is 10.6 Å². The maximum absolute atomic E-state index is 13.1. The first-order valence-electron chi connectivity index (χ1n) is 11.5. The van der Waals surface area contributed by atoms with Gasteiger partial charge in [0.2, 0.25) is 0 Å². The van der Waals surface area contributed by atoms with Crippen LogP contribution in [0.3, 0.4) is 0 Å². The van der Waals surface area contributed by atoms with Gasteiger partial charge in [-0.2, -0.15) is 5.26 Å². The summed E-state index contributed by atoms with van der Waals surface area (Å²) in [4.78, 5) is 33.2. The van der Waals surface area contributed by atoms with E-state index in [1.165, 1.54) is 0 Å². The number of rotatable bonds is 6. The van der Waals surface area contributed by atoms with Gasteiger partial charge < -0.3 is 15.7 Å². The molecule has 8 heteroatoms. The molecule has 2 aromatic heterocycles. The topological polar surface area (TPSA) is 128 Å². The van der Waals surface area contributed by atoms with E-state index in [9.17, 15) is 14.7 Å². The van der Waals surface area contributed by atoms with Gasteiger partial charge in [-0.3, -0.25) is 9.78 Å². The van der Waals surface area contributed by atoms with E-state index in [1.807, 2.05) is 44.2 Å². The van der Waals surface area contributed by atoms with E-state index in [0.717, 1.165) is 47.7 Å². The molecule has 1 amide bonds. The Balaban J connectivity index is 1.83. The van der Waals surface area contributed by atoms with Gasteiger partial charge in [0.1, 0.15) is 11.8 Å². The van der Waals surface area contributed by atoms with Gasteiger partial charge in [-0.25, -0.2) is 9.78 Å². The highest BCUT2D eigenvalue weighted by molar-refractivity contribution is 6.09. The number of hydrogen-bond donors (Lipinski definition) is 3. The molecular weight excluding hydrogens is 430 g/mol. The van der Waals surface area contributed by atoms with Crippen molar-refractivity contribution in [2.45, 2.75) is 51.6 Å². The Morgan fingerprint density at radius 3 is 2.44 bits per heavy atom. The van der Waals surface area contributed by atoms with Crippen molar-refractivity contribution in [1.82, 2.24) is 15.3 Å². The van der Waals surface area contributed by atoms with E-state index < -0.39 is 6.09 Å². The van der Waals surface area contributed by atoms with E-state index in [2.05, 4.69) is 20.6 Å². The Labute approximate surface area is 198 Å². The van der Waals surface area contributed by atoms with Crippen molar-refractivity contribution >= 4 is 28.5 Å². The monoisotopic (exact) mass is 457 g/mol. The minimum atomic E-state index is -1.05. The number of nitrogens with one attached hydrogen (secondary N) is 2. The number of amides is 1. The summed E-state index contributed by atoms with van der Waals surface area (Å²) in [5.74, 6) is -0.245. The lowest BCUT2D eigenvalue weighted by Crippen LogP contribution is -2.48. The molecule has 2 unspecified atom stereocenters. The Bertz CT molecular complexity index is 1260. The van der Waals surface area contributed by atoms with Crippen LogP contribution in [0, 0.1) is 17.2 Å². The summed E-state index contributed by atoms with van der Waals surface area (Å²) in [7, 11) is 0. The van der Waals surface area contributed by atoms with Crippen molar-refractivity contribution in [3.05, 3.63) is 54.0 Å². The standard InChI is InChI=1S/C26H27N5O3/c1-15(2)25(32)20-14-29-21-10-8-16(17-7-9-18(12-27)28-13-17)11-19(21)24(20)30-22-5-3-4-6-23(22)31-26(33)34/h7-11,13-15,22-23,31H,3-6H2,1-2H3,(H,29,30)(H,33,34). The quantitative estimate of drug-likeness (QED) is 0.444. The number of ketones is 1. The fourth-order valence-electron chi connectivity index (χ4n) is 4.48. The number of aromatic nitrogens is 2. The Kier molecular flexibility index (Phi) is 6.73. The van der Waals surface area contributed by atoms with Gasteiger partial charge in [-0.15, -0.1) is 0 Å². The molecule has 8 nitrogen and oxygen atoms in total. The van der Waals surface area contributed by atoms with Gasteiger partial charge in [-0.05, 0) is 42.7 Å². The van der Waals surface area contributed by atoms with E-state index in [4.69, 9.17) is 5.26 Å². The molecule has 1 fully saturated rings. The van der Waals surface area contributed by atoms with Crippen LogP contribution in [0.2, 0.25) is 0 Å². The molecule has 1 saturated carbocycles. The number of Topliss-reactive ketones (excluding diaryl/α,β-unsaturated/α-hetero) is 1. The van der Waals surface area contributed by atoms with E-state index >= 15 is 0 Å². The molecule has 1 aliphatic rings. The van der Waals surface area contributed by atoms with Crippen molar-refractivity contribution in [3.8, 4) is 17.2 Å². The summed E-state index contributed by atoms with van der Waals surface area (Å²) in [5.41, 5.74) is 3.97. The number of hydrogen-bond acceptors (Lipinski definition) is 6. The normalized spacial score (nSPS) is 17.8. The van der Waals surface area contributed by atoms with Gasteiger partial charge >= 0.3 is 6.09 Å². The zero-order valence-electron chi connectivity index (χ0n) is 19.2. The van der Waals surface area contributed by atoms with Crippen LogP contribution in [-0.4, -0.2) is 39.0 Å². The molecule has 0 aliphatic heterocycles. The third kappa shape index (κ3) is 4.84. The predicted molar refractivity (Wildman–Crippen MR) is 130 cm³/mol. The van der Waals surface area contributed by atoms with Crippen LogP contribution in [0.15, 0.2) is 42.7 Å². The third-order valence-corrected chi connectivity index (χ3v) is 6.27. The van der Waals surface area contributed by atoms with Gasteiger partial charge in [0.25, 0.3) is 0 Å². The fourth-order valence-corrected chi connectivity index (χ4v) is 4.48. The second-order valence-corrected chi connectivity index (χ2v) is 8.93. The third-order valence-electron chi connectivity index (χ3n) is 6.27. The van der Waals surface area contributed by atoms with Crippen LogP contribution in [0.1, 0.15) is 55.6 Å². The first kappa shape index (κ1) is 23.2. The molecule has 34 heavy (non-hydrogen) atoms. The Morgan fingerprint density at radius 2 is 1.79 bits per heavy atom. The van der Waals surface area contributed by atoms with Crippen molar-refractivity contribution in [2.75, 3.05) is 5.32 Å². The molecule has 0 saturated heterocycles. The molecule has 3 aromatic rings. The summed E-state index contributed by atoms with van der Waals surface area (Å²) in [6, 6.07) is 10.9. The first-order valence-corrected chi connectivity index (χ1v) is 11.5. The van der Waals surface area contributed by atoms with Crippen LogP contribution in [0.4, 0.5) is 10.5 Å². The zero-order valence-corrected chi connectivity index (χ0v) is 19.2. The highest BCUT2D eigenvalue weighted by atomic mass is 16.4. The number of carboxylic acid groups (broad SMARTS) is 1. The highest BCUT2D eigenvalue weighted by Gasteiger charge is 2.29. The zero-order chi connectivity index (χ0) is 24.2. The number of benzene rings is 1. The molecule has 0 spiro atoms. The lowest BCUT2D eigenvalue weighted by Gasteiger charge is -2.33. The summed E-state index contributed by atoms with van der Waals surface area (Å²) >= 11 is 0.